The summed E-state index contributed by atoms with van der Waals surface area (Å²) in [6.07, 6.45) is 2.87. The molecule has 0 spiro atoms. The molecule has 5 rings (SSSR count). The summed E-state index contributed by atoms with van der Waals surface area (Å²) >= 11 is 18.9. The van der Waals surface area contributed by atoms with Gasteiger partial charge in [0.2, 0.25) is 10.9 Å². The Morgan fingerprint density at radius 1 is 1.14 bits per heavy atom. The smallest absolute Gasteiger partial charge is 0.250 e. The second kappa shape index (κ2) is 10.2. The highest BCUT2D eigenvalue weighted by Gasteiger charge is 2.12. The molecular formula is C24H16Cl2N6O2S2. The Balaban J connectivity index is 1.20. The molecule has 0 unspecified atom stereocenters. The Bertz CT molecular complexity index is 1640. The zero-order chi connectivity index (χ0) is 25.2. The van der Waals surface area contributed by atoms with Crippen LogP contribution in [0.1, 0.15) is 11.6 Å². The number of carbonyl (C=O) groups is 1. The predicted molar refractivity (Wildman–Crippen MR) is 146 cm³/mol. The number of amides is 1. The van der Waals surface area contributed by atoms with Crippen molar-refractivity contribution in [1.29, 1.82) is 0 Å². The molecule has 3 heterocycles. The van der Waals surface area contributed by atoms with Crippen LogP contribution >= 0.6 is 46.8 Å². The zero-order valence-corrected chi connectivity index (χ0v) is 21.7. The SMILES string of the molecule is Cc1nnc2sc(-c3cccc(NC(=S)NC(=O)/C=C/c4ccc(-c5ccc(Cl)cc5Cl)o4)c3)nn12. The fraction of sp³-hybridized carbons (Fsp3) is 0.0417. The average molecular weight is 555 g/mol. The third kappa shape index (κ3) is 5.31. The number of aryl methyl sites for hydroxylation is 1. The fourth-order valence-electron chi connectivity index (χ4n) is 3.31. The van der Waals surface area contributed by atoms with Crippen LogP contribution in [-0.2, 0) is 4.79 Å². The lowest BCUT2D eigenvalue weighted by atomic mass is 10.2. The minimum absolute atomic E-state index is 0.156. The highest BCUT2D eigenvalue weighted by atomic mass is 35.5. The van der Waals surface area contributed by atoms with Crippen LogP contribution in [0.3, 0.4) is 0 Å². The molecule has 0 radical (unpaired) electrons. The minimum Gasteiger partial charge on any atom is -0.457 e. The van der Waals surface area contributed by atoms with Gasteiger partial charge in [0.1, 0.15) is 16.5 Å². The molecule has 3 aromatic heterocycles. The standard InChI is InChI=1S/C24H16Cl2N6O2S2/c1-13-29-30-24-32(13)31-22(36-24)14-3-2-4-16(11-14)27-23(35)28-21(33)10-7-17-6-9-20(34-17)18-8-5-15(25)12-19(18)26/h2-12H,1H3,(H2,27,28,33,35)/b10-7+. The first-order valence-electron chi connectivity index (χ1n) is 10.5. The van der Waals surface area contributed by atoms with Crippen molar-refractivity contribution in [3.63, 3.8) is 0 Å². The molecule has 0 aliphatic rings. The maximum absolute atomic E-state index is 12.3. The van der Waals surface area contributed by atoms with Gasteiger partial charge in [0.05, 0.1) is 5.02 Å². The molecule has 0 bridgehead atoms. The number of halogens is 2. The van der Waals surface area contributed by atoms with Gasteiger partial charge in [-0.25, -0.2) is 0 Å². The number of hydrogen-bond acceptors (Lipinski definition) is 7. The van der Waals surface area contributed by atoms with Gasteiger partial charge in [0.15, 0.2) is 10.9 Å². The molecule has 0 saturated heterocycles. The lowest BCUT2D eigenvalue weighted by Crippen LogP contribution is -2.32. The van der Waals surface area contributed by atoms with Crippen molar-refractivity contribution >= 4 is 74.5 Å². The van der Waals surface area contributed by atoms with E-state index >= 15 is 0 Å². The number of anilines is 1. The molecule has 36 heavy (non-hydrogen) atoms. The third-order valence-electron chi connectivity index (χ3n) is 4.97. The van der Waals surface area contributed by atoms with Crippen molar-refractivity contribution in [3.8, 4) is 21.9 Å². The first-order chi connectivity index (χ1) is 17.4. The second-order valence-electron chi connectivity index (χ2n) is 7.53. The van der Waals surface area contributed by atoms with Crippen LogP contribution in [0.2, 0.25) is 10.0 Å². The van der Waals surface area contributed by atoms with Crippen molar-refractivity contribution in [2.24, 2.45) is 0 Å². The molecule has 0 aliphatic heterocycles. The van der Waals surface area contributed by atoms with Crippen molar-refractivity contribution in [2.75, 3.05) is 5.32 Å². The predicted octanol–water partition coefficient (Wildman–Crippen LogP) is 6.25. The summed E-state index contributed by atoms with van der Waals surface area (Å²) in [6.45, 7) is 1.84. The fourth-order valence-corrected chi connectivity index (χ4v) is 4.91. The molecule has 0 saturated carbocycles. The van der Waals surface area contributed by atoms with Gasteiger partial charge in [0.25, 0.3) is 0 Å². The highest BCUT2D eigenvalue weighted by molar-refractivity contribution is 7.80. The van der Waals surface area contributed by atoms with Gasteiger partial charge in [-0.15, -0.1) is 10.2 Å². The van der Waals surface area contributed by atoms with E-state index in [9.17, 15) is 4.79 Å². The van der Waals surface area contributed by atoms with E-state index in [0.29, 0.717) is 32.8 Å². The summed E-state index contributed by atoms with van der Waals surface area (Å²) in [5.74, 6) is 1.36. The lowest BCUT2D eigenvalue weighted by molar-refractivity contribution is -0.115. The number of carbonyl (C=O) groups excluding carboxylic acids is 1. The largest absolute Gasteiger partial charge is 0.457 e. The van der Waals surface area contributed by atoms with E-state index in [0.717, 1.165) is 21.4 Å². The van der Waals surface area contributed by atoms with Crippen molar-refractivity contribution in [1.82, 2.24) is 25.1 Å². The Hall–Kier alpha value is -3.57. The first-order valence-corrected chi connectivity index (χ1v) is 12.5. The number of aromatic nitrogens is 4. The van der Waals surface area contributed by atoms with Crippen LogP contribution in [0.5, 0.6) is 0 Å². The number of rotatable bonds is 5. The van der Waals surface area contributed by atoms with Crippen LogP contribution in [0.15, 0.2) is 65.1 Å². The zero-order valence-electron chi connectivity index (χ0n) is 18.5. The summed E-state index contributed by atoms with van der Waals surface area (Å²) in [4.78, 5) is 13.1. The molecule has 12 heteroatoms. The molecule has 1 amide bonds. The normalized spacial score (nSPS) is 11.3. The Kier molecular flexibility index (Phi) is 6.84. The average Bonchev–Trinajstić information content (AvgIpc) is 3.56. The summed E-state index contributed by atoms with van der Waals surface area (Å²) in [5.41, 5.74) is 2.30. The number of nitrogens with zero attached hydrogens (tertiary/aromatic N) is 4. The van der Waals surface area contributed by atoms with Gasteiger partial charge < -0.3 is 9.73 Å². The number of benzene rings is 2. The molecule has 0 atom stereocenters. The summed E-state index contributed by atoms with van der Waals surface area (Å²) in [5, 5.41) is 20.2. The molecule has 2 aromatic carbocycles. The van der Waals surface area contributed by atoms with Gasteiger partial charge >= 0.3 is 0 Å². The summed E-state index contributed by atoms with van der Waals surface area (Å²) in [7, 11) is 0. The molecule has 5 aromatic rings. The van der Waals surface area contributed by atoms with E-state index in [1.54, 1.807) is 40.9 Å². The lowest BCUT2D eigenvalue weighted by Gasteiger charge is -2.09. The Labute approximate surface area is 224 Å². The molecule has 8 nitrogen and oxygen atoms in total. The summed E-state index contributed by atoms with van der Waals surface area (Å²) in [6, 6.07) is 16.2. The Morgan fingerprint density at radius 2 is 2.00 bits per heavy atom. The number of fused-ring (bicyclic) bond motifs is 1. The Morgan fingerprint density at radius 3 is 2.81 bits per heavy atom. The van der Waals surface area contributed by atoms with Gasteiger partial charge in [-0.3, -0.25) is 10.1 Å². The third-order valence-corrected chi connectivity index (χ3v) is 6.67. The number of thiocarbonyl (C=S) groups is 1. The molecule has 2 N–H and O–H groups in total. The van der Waals surface area contributed by atoms with Crippen molar-refractivity contribution < 1.29 is 9.21 Å². The molecule has 0 fully saturated rings. The maximum Gasteiger partial charge on any atom is 0.250 e. The van der Waals surface area contributed by atoms with E-state index in [2.05, 4.69) is 25.9 Å². The number of hydrogen-bond donors (Lipinski definition) is 2. The maximum atomic E-state index is 12.3. The van der Waals surface area contributed by atoms with Crippen LogP contribution in [0, 0.1) is 6.92 Å². The van der Waals surface area contributed by atoms with Crippen LogP contribution in [0.25, 0.3) is 32.9 Å². The van der Waals surface area contributed by atoms with Crippen LogP contribution < -0.4 is 10.6 Å². The van der Waals surface area contributed by atoms with E-state index in [1.165, 1.54) is 17.4 Å². The number of furan rings is 1. The molecular weight excluding hydrogens is 539 g/mol. The van der Waals surface area contributed by atoms with E-state index in [-0.39, 0.29) is 5.11 Å². The van der Waals surface area contributed by atoms with Gasteiger partial charge in [-0.2, -0.15) is 9.61 Å². The molecule has 180 valence electrons. The van der Waals surface area contributed by atoms with E-state index in [1.807, 2.05) is 31.2 Å². The topological polar surface area (TPSA) is 97.3 Å². The second-order valence-corrected chi connectivity index (χ2v) is 9.74. The summed E-state index contributed by atoms with van der Waals surface area (Å²) < 4.78 is 7.46. The first kappa shape index (κ1) is 24.1. The van der Waals surface area contributed by atoms with Crippen LogP contribution in [-0.4, -0.2) is 30.8 Å². The van der Waals surface area contributed by atoms with Crippen LogP contribution in [0.4, 0.5) is 5.69 Å². The van der Waals surface area contributed by atoms with Crippen molar-refractivity contribution in [2.45, 2.75) is 6.92 Å². The molecule has 0 aliphatic carbocycles. The monoisotopic (exact) mass is 554 g/mol. The van der Waals surface area contributed by atoms with Gasteiger partial charge in [-0.1, -0.05) is 46.7 Å². The number of nitrogens with one attached hydrogen (secondary N) is 2. The van der Waals surface area contributed by atoms with Gasteiger partial charge in [-0.05, 0) is 67.7 Å². The highest BCUT2D eigenvalue weighted by Crippen LogP contribution is 2.32. The van der Waals surface area contributed by atoms with E-state index in [4.69, 9.17) is 39.8 Å². The quantitative estimate of drug-likeness (QED) is 0.195. The minimum atomic E-state index is -0.407. The van der Waals surface area contributed by atoms with Gasteiger partial charge in [0, 0.05) is 27.9 Å². The van der Waals surface area contributed by atoms with Crippen molar-refractivity contribution in [3.05, 3.63) is 82.3 Å². The van der Waals surface area contributed by atoms with E-state index < -0.39 is 5.91 Å².